The van der Waals surface area contributed by atoms with Crippen molar-refractivity contribution >= 4 is 29.3 Å². The molecule has 0 saturated heterocycles. The van der Waals surface area contributed by atoms with Crippen LogP contribution in [0.1, 0.15) is 18.1 Å². The van der Waals surface area contributed by atoms with Crippen LogP contribution in [0.15, 0.2) is 48.5 Å². The summed E-state index contributed by atoms with van der Waals surface area (Å²) in [5, 5.41) is 9.00. The first-order chi connectivity index (χ1) is 13.1. The fraction of sp³-hybridized carbons (Fsp3) is 0.300. The molecule has 144 valence electrons. The number of benzene rings is 2. The zero-order chi connectivity index (χ0) is 19.5. The number of hydrogen-bond donors (Lipinski definition) is 3. The second-order valence-corrected chi connectivity index (χ2v) is 6.26. The summed E-state index contributed by atoms with van der Waals surface area (Å²) in [5.41, 5.74) is 2.80. The van der Waals surface area contributed by atoms with Gasteiger partial charge in [0.1, 0.15) is 6.61 Å². The van der Waals surface area contributed by atoms with Crippen LogP contribution in [0.2, 0.25) is 5.02 Å². The zero-order valence-electron chi connectivity index (χ0n) is 15.3. The Labute approximate surface area is 164 Å². The van der Waals surface area contributed by atoms with Gasteiger partial charge in [-0.3, -0.25) is 10.1 Å². The molecule has 0 spiro atoms. The van der Waals surface area contributed by atoms with Crippen LogP contribution in [0, 0.1) is 0 Å². The first-order valence-corrected chi connectivity index (χ1v) is 9.20. The van der Waals surface area contributed by atoms with Crippen molar-refractivity contribution in [3.8, 4) is 0 Å². The van der Waals surface area contributed by atoms with Crippen LogP contribution in [0.4, 0.5) is 10.5 Å². The fourth-order valence-electron chi connectivity index (χ4n) is 2.33. The topological polar surface area (TPSA) is 79.5 Å². The lowest BCUT2D eigenvalue weighted by Gasteiger charge is -2.09. The second kappa shape index (κ2) is 11.2. The first-order valence-electron chi connectivity index (χ1n) is 8.82. The monoisotopic (exact) mass is 389 g/mol. The number of halogens is 1. The van der Waals surface area contributed by atoms with Crippen molar-refractivity contribution in [2.75, 3.05) is 25.0 Å². The molecule has 0 bridgehead atoms. The molecule has 0 atom stereocenters. The molecular formula is C20H24ClN3O3. The first kappa shape index (κ1) is 20.7. The average molecular weight is 390 g/mol. The van der Waals surface area contributed by atoms with E-state index in [2.05, 4.69) is 22.9 Å². The molecule has 3 N–H and O–H groups in total. The summed E-state index contributed by atoms with van der Waals surface area (Å²) in [6, 6.07) is 15.0. The molecular weight excluding hydrogens is 366 g/mol. The van der Waals surface area contributed by atoms with E-state index >= 15 is 0 Å². The van der Waals surface area contributed by atoms with E-state index in [1.807, 2.05) is 42.5 Å². The Morgan fingerprint density at radius 1 is 1.07 bits per heavy atom. The molecule has 0 saturated carbocycles. The zero-order valence-corrected chi connectivity index (χ0v) is 16.0. The van der Waals surface area contributed by atoms with Gasteiger partial charge in [-0.05, 0) is 35.7 Å². The van der Waals surface area contributed by atoms with Crippen molar-refractivity contribution < 1.29 is 14.3 Å². The summed E-state index contributed by atoms with van der Waals surface area (Å²) in [5.74, 6) is -0.179. The molecule has 27 heavy (non-hydrogen) atoms. The van der Waals surface area contributed by atoms with Crippen LogP contribution in [0.5, 0.6) is 0 Å². The molecule has 0 unspecified atom stereocenters. The lowest BCUT2D eigenvalue weighted by Crippen LogP contribution is -2.36. The maximum absolute atomic E-state index is 11.8. The molecule has 2 amide bonds. The number of amides is 2. The van der Waals surface area contributed by atoms with E-state index in [-0.39, 0.29) is 25.6 Å². The number of carbonyl (C=O) groups excluding carboxylic acids is 2. The molecule has 0 aliphatic carbocycles. The van der Waals surface area contributed by atoms with E-state index in [9.17, 15) is 9.59 Å². The average Bonchev–Trinajstić information content (AvgIpc) is 2.67. The molecule has 0 heterocycles. The van der Waals surface area contributed by atoms with E-state index in [4.69, 9.17) is 16.3 Å². The maximum atomic E-state index is 11.8. The van der Waals surface area contributed by atoms with E-state index in [1.54, 1.807) is 6.07 Å². The van der Waals surface area contributed by atoms with Crippen molar-refractivity contribution in [2.45, 2.75) is 19.9 Å². The Morgan fingerprint density at radius 2 is 1.81 bits per heavy atom. The van der Waals surface area contributed by atoms with Crippen molar-refractivity contribution in [1.82, 2.24) is 10.6 Å². The molecule has 0 aliphatic rings. The molecule has 6 nitrogen and oxygen atoms in total. The number of hydrogen-bond acceptors (Lipinski definition) is 4. The summed E-state index contributed by atoms with van der Waals surface area (Å²) in [4.78, 5) is 23.5. The van der Waals surface area contributed by atoms with Gasteiger partial charge in [0.2, 0.25) is 5.91 Å². The summed E-state index contributed by atoms with van der Waals surface area (Å²) in [7, 11) is 0. The van der Waals surface area contributed by atoms with E-state index in [0.717, 1.165) is 12.0 Å². The molecule has 7 heteroatoms. The van der Waals surface area contributed by atoms with Gasteiger partial charge in [0.15, 0.2) is 0 Å². The van der Waals surface area contributed by atoms with Gasteiger partial charge in [0, 0.05) is 17.3 Å². The molecule has 0 aliphatic heterocycles. The van der Waals surface area contributed by atoms with Crippen LogP contribution < -0.4 is 16.0 Å². The Morgan fingerprint density at radius 3 is 2.52 bits per heavy atom. The predicted molar refractivity (Wildman–Crippen MR) is 107 cm³/mol. The summed E-state index contributed by atoms with van der Waals surface area (Å²) >= 11 is 6.05. The Kier molecular flexibility index (Phi) is 8.61. The molecule has 0 fully saturated rings. The van der Waals surface area contributed by atoms with Gasteiger partial charge in [0.05, 0.1) is 13.1 Å². The standard InChI is InChI=1S/C20H24ClN3O3/c1-2-15-7-9-17(10-8-15)24-20(26)27-12-11-23-19(25)14-22-13-16-5-3-4-6-18(16)21/h3-10,22H,2,11-14H2,1H3,(H,23,25)(H,24,26). The molecule has 0 radical (unpaired) electrons. The van der Waals surface area contributed by atoms with Gasteiger partial charge in [-0.25, -0.2) is 4.79 Å². The highest BCUT2D eigenvalue weighted by Crippen LogP contribution is 2.14. The van der Waals surface area contributed by atoms with E-state index < -0.39 is 6.09 Å². The van der Waals surface area contributed by atoms with Crippen molar-refractivity contribution in [2.24, 2.45) is 0 Å². The van der Waals surface area contributed by atoms with Crippen molar-refractivity contribution in [1.29, 1.82) is 0 Å². The Hall–Kier alpha value is -2.57. The fourth-order valence-corrected chi connectivity index (χ4v) is 2.53. The lowest BCUT2D eigenvalue weighted by molar-refractivity contribution is -0.120. The summed E-state index contributed by atoms with van der Waals surface area (Å²) in [6.45, 7) is 3.06. The molecule has 2 rings (SSSR count). The number of carbonyl (C=O) groups is 2. The van der Waals surface area contributed by atoms with Crippen LogP contribution in [0.25, 0.3) is 0 Å². The highest BCUT2D eigenvalue weighted by Gasteiger charge is 2.05. The second-order valence-electron chi connectivity index (χ2n) is 5.86. The van der Waals surface area contributed by atoms with Crippen molar-refractivity contribution in [3.63, 3.8) is 0 Å². The van der Waals surface area contributed by atoms with E-state index in [0.29, 0.717) is 17.3 Å². The number of nitrogens with one attached hydrogen (secondary N) is 3. The molecule has 2 aromatic carbocycles. The van der Waals surface area contributed by atoms with E-state index in [1.165, 1.54) is 5.56 Å². The third kappa shape index (κ3) is 7.68. The Balaban J connectivity index is 1.56. The minimum Gasteiger partial charge on any atom is -0.447 e. The quantitative estimate of drug-likeness (QED) is 0.574. The summed E-state index contributed by atoms with van der Waals surface area (Å²) in [6.07, 6.45) is 0.392. The normalized spacial score (nSPS) is 10.3. The minimum absolute atomic E-state index is 0.0924. The third-order valence-corrected chi connectivity index (χ3v) is 4.19. The predicted octanol–water partition coefficient (Wildman–Crippen LogP) is 3.36. The van der Waals surface area contributed by atoms with Gasteiger partial charge >= 0.3 is 6.09 Å². The highest BCUT2D eigenvalue weighted by molar-refractivity contribution is 6.31. The van der Waals surface area contributed by atoms with Gasteiger partial charge in [-0.15, -0.1) is 0 Å². The minimum atomic E-state index is -0.551. The van der Waals surface area contributed by atoms with Crippen LogP contribution in [0.3, 0.4) is 0 Å². The van der Waals surface area contributed by atoms with Gasteiger partial charge in [-0.2, -0.15) is 0 Å². The van der Waals surface area contributed by atoms with Crippen LogP contribution in [-0.4, -0.2) is 31.7 Å². The number of ether oxygens (including phenoxy) is 1. The molecule has 0 aromatic heterocycles. The summed E-state index contributed by atoms with van der Waals surface area (Å²) < 4.78 is 5.04. The van der Waals surface area contributed by atoms with Gasteiger partial charge < -0.3 is 15.4 Å². The highest BCUT2D eigenvalue weighted by atomic mass is 35.5. The SMILES string of the molecule is CCc1ccc(NC(=O)OCCNC(=O)CNCc2ccccc2Cl)cc1. The largest absolute Gasteiger partial charge is 0.447 e. The van der Waals surface area contributed by atoms with Crippen LogP contribution in [-0.2, 0) is 22.5 Å². The van der Waals surface area contributed by atoms with Gasteiger partial charge in [-0.1, -0.05) is 48.9 Å². The molecule has 2 aromatic rings. The Bertz CT molecular complexity index is 750. The van der Waals surface area contributed by atoms with Crippen molar-refractivity contribution in [3.05, 3.63) is 64.7 Å². The van der Waals surface area contributed by atoms with Gasteiger partial charge in [0.25, 0.3) is 0 Å². The maximum Gasteiger partial charge on any atom is 0.411 e. The smallest absolute Gasteiger partial charge is 0.411 e. The lowest BCUT2D eigenvalue weighted by atomic mass is 10.1. The third-order valence-electron chi connectivity index (χ3n) is 3.82. The number of rotatable bonds is 9. The number of anilines is 1. The number of aryl methyl sites for hydroxylation is 1. The van der Waals surface area contributed by atoms with Crippen LogP contribution >= 0.6 is 11.6 Å².